The molecule has 1 amide bonds. The summed E-state index contributed by atoms with van der Waals surface area (Å²) >= 11 is 0. The minimum Gasteiger partial charge on any atom is -0.354 e. The number of unbranched alkanes of at least 4 members (excludes halogenated alkanes) is 1. The molecule has 0 rings (SSSR count). The van der Waals surface area contributed by atoms with Gasteiger partial charge in [0.1, 0.15) is 0 Å². The van der Waals surface area contributed by atoms with Crippen molar-refractivity contribution in [3.05, 3.63) is 0 Å². The van der Waals surface area contributed by atoms with E-state index < -0.39 is 0 Å². The standard InChI is InChI=1S/C12H27N3O/c1-5-6-7-15(4)11(9-13)8-12(16)14-10(2)3/h10-11H,5-9,13H2,1-4H3,(H,14,16). The summed E-state index contributed by atoms with van der Waals surface area (Å²) in [5, 5.41) is 2.90. The highest BCUT2D eigenvalue weighted by atomic mass is 16.1. The number of nitrogens with two attached hydrogens (primary N) is 1. The molecule has 96 valence electrons. The van der Waals surface area contributed by atoms with E-state index in [0.717, 1.165) is 13.0 Å². The number of carbonyl (C=O) groups excluding carboxylic acids is 1. The minimum absolute atomic E-state index is 0.0915. The van der Waals surface area contributed by atoms with E-state index in [1.807, 2.05) is 20.9 Å². The summed E-state index contributed by atoms with van der Waals surface area (Å²) in [6, 6.07) is 0.358. The Morgan fingerprint density at radius 2 is 2.06 bits per heavy atom. The van der Waals surface area contributed by atoms with Crippen LogP contribution in [0.4, 0.5) is 0 Å². The monoisotopic (exact) mass is 229 g/mol. The van der Waals surface area contributed by atoms with Crippen molar-refractivity contribution in [2.75, 3.05) is 20.1 Å². The van der Waals surface area contributed by atoms with Gasteiger partial charge in [0.25, 0.3) is 0 Å². The first kappa shape index (κ1) is 15.4. The van der Waals surface area contributed by atoms with E-state index in [4.69, 9.17) is 5.73 Å². The second-order valence-electron chi connectivity index (χ2n) is 4.65. The lowest BCUT2D eigenvalue weighted by molar-refractivity contribution is -0.122. The normalized spacial score (nSPS) is 13.2. The fourth-order valence-electron chi connectivity index (χ4n) is 1.60. The van der Waals surface area contributed by atoms with Crippen LogP contribution in [-0.2, 0) is 4.79 Å². The molecule has 1 unspecified atom stereocenters. The number of nitrogens with one attached hydrogen (secondary N) is 1. The van der Waals surface area contributed by atoms with Gasteiger partial charge in [-0.05, 0) is 33.9 Å². The lowest BCUT2D eigenvalue weighted by atomic mass is 10.1. The minimum atomic E-state index is 0.0915. The maximum Gasteiger partial charge on any atom is 0.221 e. The Kier molecular flexibility index (Phi) is 8.21. The highest BCUT2D eigenvalue weighted by Gasteiger charge is 2.16. The third kappa shape index (κ3) is 6.80. The number of nitrogens with zero attached hydrogens (tertiary/aromatic N) is 1. The van der Waals surface area contributed by atoms with Crippen LogP contribution in [0.2, 0.25) is 0 Å². The van der Waals surface area contributed by atoms with Crippen LogP contribution >= 0.6 is 0 Å². The molecule has 4 nitrogen and oxygen atoms in total. The number of amides is 1. The van der Waals surface area contributed by atoms with Gasteiger partial charge in [0.05, 0.1) is 0 Å². The zero-order chi connectivity index (χ0) is 12.6. The molecule has 0 aromatic heterocycles. The fraction of sp³-hybridized carbons (Fsp3) is 0.917. The van der Waals surface area contributed by atoms with Gasteiger partial charge in [0.2, 0.25) is 5.91 Å². The quantitative estimate of drug-likeness (QED) is 0.652. The van der Waals surface area contributed by atoms with Gasteiger partial charge in [-0.2, -0.15) is 0 Å². The number of likely N-dealkylation sites (N-methyl/N-ethyl adjacent to an activating group) is 1. The van der Waals surface area contributed by atoms with E-state index in [2.05, 4.69) is 17.1 Å². The SMILES string of the molecule is CCCCN(C)C(CN)CC(=O)NC(C)C. The average Bonchev–Trinajstić information content (AvgIpc) is 2.21. The molecule has 0 heterocycles. The van der Waals surface area contributed by atoms with Crippen LogP contribution in [0.5, 0.6) is 0 Å². The van der Waals surface area contributed by atoms with E-state index in [1.54, 1.807) is 0 Å². The van der Waals surface area contributed by atoms with Crippen molar-refractivity contribution in [2.45, 2.75) is 52.1 Å². The number of rotatable bonds is 8. The lowest BCUT2D eigenvalue weighted by Crippen LogP contribution is -2.43. The van der Waals surface area contributed by atoms with Gasteiger partial charge >= 0.3 is 0 Å². The molecular formula is C12H27N3O. The number of hydrogen-bond donors (Lipinski definition) is 2. The molecule has 16 heavy (non-hydrogen) atoms. The molecule has 0 saturated heterocycles. The van der Waals surface area contributed by atoms with E-state index >= 15 is 0 Å². The Hall–Kier alpha value is -0.610. The van der Waals surface area contributed by atoms with E-state index in [9.17, 15) is 4.79 Å². The molecule has 0 saturated carbocycles. The van der Waals surface area contributed by atoms with Gasteiger partial charge in [0.15, 0.2) is 0 Å². The Morgan fingerprint density at radius 3 is 2.50 bits per heavy atom. The van der Waals surface area contributed by atoms with Crippen molar-refractivity contribution in [3.8, 4) is 0 Å². The zero-order valence-electron chi connectivity index (χ0n) is 11.1. The maximum absolute atomic E-state index is 11.6. The van der Waals surface area contributed by atoms with E-state index in [1.165, 1.54) is 6.42 Å². The molecule has 0 bridgehead atoms. The van der Waals surface area contributed by atoms with Crippen LogP contribution in [0.3, 0.4) is 0 Å². The van der Waals surface area contributed by atoms with Crippen LogP contribution < -0.4 is 11.1 Å². The Balaban J connectivity index is 4.02. The van der Waals surface area contributed by atoms with Crippen molar-refractivity contribution < 1.29 is 4.79 Å². The molecule has 0 aliphatic heterocycles. The third-order valence-electron chi connectivity index (χ3n) is 2.63. The van der Waals surface area contributed by atoms with Crippen molar-refractivity contribution in [3.63, 3.8) is 0 Å². The second kappa shape index (κ2) is 8.53. The van der Waals surface area contributed by atoms with Crippen LogP contribution in [0.1, 0.15) is 40.0 Å². The molecule has 0 aliphatic carbocycles. The first-order chi connectivity index (χ1) is 7.51. The smallest absolute Gasteiger partial charge is 0.221 e. The molecule has 1 atom stereocenters. The average molecular weight is 229 g/mol. The molecule has 0 aromatic rings. The summed E-state index contributed by atoms with van der Waals surface area (Å²) < 4.78 is 0. The summed E-state index contributed by atoms with van der Waals surface area (Å²) in [5.74, 6) is 0.0915. The molecular weight excluding hydrogens is 202 g/mol. The van der Waals surface area contributed by atoms with E-state index in [-0.39, 0.29) is 18.0 Å². The van der Waals surface area contributed by atoms with Crippen molar-refractivity contribution in [1.82, 2.24) is 10.2 Å². The topological polar surface area (TPSA) is 58.4 Å². The van der Waals surface area contributed by atoms with Crippen molar-refractivity contribution in [1.29, 1.82) is 0 Å². The summed E-state index contributed by atoms with van der Waals surface area (Å²) in [6.45, 7) is 7.64. The van der Waals surface area contributed by atoms with Crippen LogP contribution in [-0.4, -0.2) is 43.0 Å². The number of carbonyl (C=O) groups is 1. The molecule has 0 radical (unpaired) electrons. The maximum atomic E-state index is 11.6. The van der Waals surface area contributed by atoms with Gasteiger partial charge < -0.3 is 16.0 Å². The largest absolute Gasteiger partial charge is 0.354 e. The fourth-order valence-corrected chi connectivity index (χ4v) is 1.60. The summed E-state index contributed by atoms with van der Waals surface area (Å²) in [6.07, 6.45) is 2.81. The molecule has 0 spiro atoms. The predicted molar refractivity (Wildman–Crippen MR) is 68.3 cm³/mol. The van der Waals surface area contributed by atoms with Gasteiger partial charge in [-0.1, -0.05) is 13.3 Å². The predicted octanol–water partition coefficient (Wildman–Crippen LogP) is 0.960. The molecule has 4 heteroatoms. The first-order valence-corrected chi connectivity index (χ1v) is 6.20. The Labute approximate surface area is 99.6 Å². The van der Waals surface area contributed by atoms with Gasteiger partial charge in [-0.15, -0.1) is 0 Å². The summed E-state index contributed by atoms with van der Waals surface area (Å²) in [7, 11) is 2.04. The molecule has 0 aromatic carbocycles. The Bertz CT molecular complexity index is 195. The number of hydrogen-bond acceptors (Lipinski definition) is 3. The molecule has 0 fully saturated rings. The van der Waals surface area contributed by atoms with Crippen LogP contribution in [0.25, 0.3) is 0 Å². The van der Waals surface area contributed by atoms with Crippen LogP contribution in [0.15, 0.2) is 0 Å². The van der Waals surface area contributed by atoms with Crippen LogP contribution in [0, 0.1) is 0 Å². The van der Waals surface area contributed by atoms with Gasteiger partial charge in [-0.3, -0.25) is 4.79 Å². The van der Waals surface area contributed by atoms with E-state index in [0.29, 0.717) is 13.0 Å². The second-order valence-corrected chi connectivity index (χ2v) is 4.65. The van der Waals surface area contributed by atoms with Gasteiger partial charge in [0, 0.05) is 25.0 Å². The summed E-state index contributed by atoms with van der Waals surface area (Å²) in [4.78, 5) is 13.8. The summed E-state index contributed by atoms with van der Waals surface area (Å²) in [5.41, 5.74) is 5.70. The van der Waals surface area contributed by atoms with Crippen molar-refractivity contribution >= 4 is 5.91 Å². The third-order valence-corrected chi connectivity index (χ3v) is 2.63. The first-order valence-electron chi connectivity index (χ1n) is 6.20. The van der Waals surface area contributed by atoms with Crippen molar-refractivity contribution in [2.24, 2.45) is 5.73 Å². The highest BCUT2D eigenvalue weighted by molar-refractivity contribution is 5.76. The molecule has 3 N–H and O–H groups in total. The van der Waals surface area contributed by atoms with Gasteiger partial charge in [-0.25, -0.2) is 0 Å². The zero-order valence-corrected chi connectivity index (χ0v) is 11.1. The lowest BCUT2D eigenvalue weighted by Gasteiger charge is -2.26. The highest BCUT2D eigenvalue weighted by Crippen LogP contribution is 2.03. The Morgan fingerprint density at radius 1 is 1.44 bits per heavy atom. The molecule has 0 aliphatic rings.